The summed E-state index contributed by atoms with van der Waals surface area (Å²) in [6, 6.07) is 0.156. The quantitative estimate of drug-likeness (QED) is 0.728. The number of hydrogen-bond donors (Lipinski definition) is 1. The maximum Gasteiger partial charge on any atom is 0.0626 e. The SMILES string of the molecule is COCC(N)CN(C)CC1CCCCC1. The smallest absolute Gasteiger partial charge is 0.0626 e. The molecule has 1 fully saturated rings. The molecule has 0 saturated heterocycles. The van der Waals surface area contributed by atoms with Gasteiger partial charge in [-0.3, -0.25) is 0 Å². The molecule has 0 aromatic carbocycles. The lowest BCUT2D eigenvalue weighted by molar-refractivity contribution is 0.151. The summed E-state index contributed by atoms with van der Waals surface area (Å²) in [5.41, 5.74) is 5.92. The summed E-state index contributed by atoms with van der Waals surface area (Å²) >= 11 is 0. The summed E-state index contributed by atoms with van der Waals surface area (Å²) in [5.74, 6) is 0.901. The van der Waals surface area contributed by atoms with Gasteiger partial charge in [0.05, 0.1) is 6.61 Å². The number of hydrogen-bond acceptors (Lipinski definition) is 3. The number of nitrogens with zero attached hydrogens (tertiary/aromatic N) is 1. The van der Waals surface area contributed by atoms with Crippen molar-refractivity contribution in [2.45, 2.75) is 38.1 Å². The lowest BCUT2D eigenvalue weighted by Crippen LogP contribution is -2.40. The number of methoxy groups -OCH3 is 1. The van der Waals surface area contributed by atoms with E-state index in [1.54, 1.807) is 7.11 Å². The molecule has 0 aromatic heterocycles. The molecule has 0 heterocycles. The molecule has 3 nitrogen and oxygen atoms in total. The molecule has 2 N–H and O–H groups in total. The second kappa shape index (κ2) is 7.20. The fraction of sp³-hybridized carbons (Fsp3) is 1.00. The van der Waals surface area contributed by atoms with Gasteiger partial charge in [-0.1, -0.05) is 19.3 Å². The highest BCUT2D eigenvalue weighted by Gasteiger charge is 2.16. The topological polar surface area (TPSA) is 38.5 Å². The number of likely N-dealkylation sites (N-methyl/N-ethyl adjacent to an activating group) is 1. The Kier molecular flexibility index (Phi) is 6.22. The van der Waals surface area contributed by atoms with Crippen molar-refractivity contribution in [3.8, 4) is 0 Å². The van der Waals surface area contributed by atoms with Crippen LogP contribution in [0.15, 0.2) is 0 Å². The minimum Gasteiger partial charge on any atom is -0.383 e. The lowest BCUT2D eigenvalue weighted by atomic mass is 9.89. The largest absolute Gasteiger partial charge is 0.383 e. The molecule has 1 aliphatic rings. The third kappa shape index (κ3) is 5.50. The predicted molar refractivity (Wildman–Crippen MR) is 63.9 cm³/mol. The van der Waals surface area contributed by atoms with Crippen molar-refractivity contribution in [3.05, 3.63) is 0 Å². The summed E-state index contributed by atoms with van der Waals surface area (Å²) < 4.78 is 5.04. The van der Waals surface area contributed by atoms with Gasteiger partial charge in [-0.2, -0.15) is 0 Å². The molecule has 0 spiro atoms. The Bertz CT molecular complexity index is 158. The second-order valence-electron chi connectivity index (χ2n) is 4.94. The van der Waals surface area contributed by atoms with E-state index in [0.717, 1.165) is 12.5 Å². The molecule has 1 atom stereocenters. The first kappa shape index (κ1) is 12.9. The lowest BCUT2D eigenvalue weighted by Gasteiger charge is -2.28. The van der Waals surface area contributed by atoms with Crippen LogP contribution in [0.25, 0.3) is 0 Å². The molecule has 0 amide bonds. The average molecular weight is 214 g/mol. The monoisotopic (exact) mass is 214 g/mol. The fourth-order valence-corrected chi connectivity index (χ4v) is 2.55. The summed E-state index contributed by atoms with van der Waals surface area (Å²) in [5, 5.41) is 0. The minimum atomic E-state index is 0.156. The van der Waals surface area contributed by atoms with Gasteiger partial charge in [-0.15, -0.1) is 0 Å². The van der Waals surface area contributed by atoms with E-state index in [4.69, 9.17) is 10.5 Å². The van der Waals surface area contributed by atoms with Gasteiger partial charge in [0.25, 0.3) is 0 Å². The third-order valence-electron chi connectivity index (χ3n) is 3.22. The molecule has 1 unspecified atom stereocenters. The van der Waals surface area contributed by atoms with Crippen molar-refractivity contribution in [1.82, 2.24) is 4.90 Å². The van der Waals surface area contributed by atoms with Crippen molar-refractivity contribution in [2.75, 3.05) is 33.9 Å². The van der Waals surface area contributed by atoms with Crippen LogP contribution in [0.1, 0.15) is 32.1 Å². The van der Waals surface area contributed by atoms with E-state index < -0.39 is 0 Å². The summed E-state index contributed by atoms with van der Waals surface area (Å²) in [6.07, 6.45) is 7.09. The van der Waals surface area contributed by atoms with Crippen LogP contribution in [-0.2, 0) is 4.74 Å². The Morgan fingerprint density at radius 2 is 2.00 bits per heavy atom. The Morgan fingerprint density at radius 1 is 1.33 bits per heavy atom. The van der Waals surface area contributed by atoms with E-state index in [9.17, 15) is 0 Å². The number of ether oxygens (including phenoxy) is 1. The van der Waals surface area contributed by atoms with Crippen LogP contribution in [0.4, 0.5) is 0 Å². The molecule has 0 bridgehead atoms. The zero-order chi connectivity index (χ0) is 11.1. The third-order valence-corrected chi connectivity index (χ3v) is 3.22. The van der Waals surface area contributed by atoms with Gasteiger partial charge in [-0.05, 0) is 25.8 Å². The molecule has 1 saturated carbocycles. The number of nitrogens with two attached hydrogens (primary N) is 1. The van der Waals surface area contributed by atoms with Crippen LogP contribution in [-0.4, -0.2) is 44.8 Å². The van der Waals surface area contributed by atoms with Crippen LogP contribution in [0.2, 0.25) is 0 Å². The van der Waals surface area contributed by atoms with Crippen LogP contribution < -0.4 is 5.73 Å². The zero-order valence-electron chi connectivity index (χ0n) is 10.2. The molecular weight excluding hydrogens is 188 g/mol. The fourth-order valence-electron chi connectivity index (χ4n) is 2.55. The van der Waals surface area contributed by atoms with Crippen molar-refractivity contribution >= 4 is 0 Å². The summed E-state index contributed by atoms with van der Waals surface area (Å²) in [6.45, 7) is 2.82. The van der Waals surface area contributed by atoms with Crippen molar-refractivity contribution in [1.29, 1.82) is 0 Å². The van der Waals surface area contributed by atoms with Gasteiger partial charge in [-0.25, -0.2) is 0 Å². The van der Waals surface area contributed by atoms with Crippen LogP contribution in [0.3, 0.4) is 0 Å². The van der Waals surface area contributed by atoms with Crippen molar-refractivity contribution in [3.63, 3.8) is 0 Å². The van der Waals surface area contributed by atoms with Crippen molar-refractivity contribution < 1.29 is 4.74 Å². The first-order valence-corrected chi connectivity index (χ1v) is 6.15. The highest BCUT2D eigenvalue weighted by molar-refractivity contribution is 4.71. The average Bonchev–Trinajstić information content (AvgIpc) is 2.19. The van der Waals surface area contributed by atoms with E-state index in [1.165, 1.54) is 38.6 Å². The highest BCUT2D eigenvalue weighted by Crippen LogP contribution is 2.23. The first-order valence-electron chi connectivity index (χ1n) is 6.15. The van der Waals surface area contributed by atoms with E-state index in [1.807, 2.05) is 0 Å². The molecular formula is C12H26N2O. The van der Waals surface area contributed by atoms with Crippen LogP contribution in [0, 0.1) is 5.92 Å². The Hall–Kier alpha value is -0.120. The second-order valence-corrected chi connectivity index (χ2v) is 4.94. The number of rotatable bonds is 6. The molecule has 0 aliphatic heterocycles. The van der Waals surface area contributed by atoms with Gasteiger partial charge in [0.15, 0.2) is 0 Å². The van der Waals surface area contributed by atoms with E-state index in [2.05, 4.69) is 11.9 Å². The predicted octanol–water partition coefficient (Wildman–Crippen LogP) is 1.47. The van der Waals surface area contributed by atoms with Crippen molar-refractivity contribution in [2.24, 2.45) is 11.7 Å². The van der Waals surface area contributed by atoms with Gasteiger partial charge >= 0.3 is 0 Å². The molecule has 1 rings (SSSR count). The zero-order valence-corrected chi connectivity index (χ0v) is 10.2. The van der Waals surface area contributed by atoms with Gasteiger partial charge < -0.3 is 15.4 Å². The normalized spacial score (nSPS) is 20.8. The van der Waals surface area contributed by atoms with Gasteiger partial charge in [0.2, 0.25) is 0 Å². The van der Waals surface area contributed by atoms with E-state index in [-0.39, 0.29) is 6.04 Å². The van der Waals surface area contributed by atoms with Crippen LogP contribution in [0.5, 0.6) is 0 Å². The molecule has 0 aromatic rings. The Morgan fingerprint density at radius 3 is 2.60 bits per heavy atom. The van der Waals surface area contributed by atoms with Crippen LogP contribution >= 0.6 is 0 Å². The Balaban J connectivity index is 2.13. The van der Waals surface area contributed by atoms with E-state index in [0.29, 0.717) is 6.61 Å². The maximum absolute atomic E-state index is 5.92. The van der Waals surface area contributed by atoms with Gasteiger partial charge in [0, 0.05) is 26.2 Å². The molecule has 15 heavy (non-hydrogen) atoms. The standard InChI is InChI=1S/C12H26N2O/c1-14(9-12(13)10-15-2)8-11-6-4-3-5-7-11/h11-12H,3-10,13H2,1-2H3. The minimum absolute atomic E-state index is 0.156. The molecule has 0 radical (unpaired) electrons. The first-order chi connectivity index (χ1) is 7.22. The van der Waals surface area contributed by atoms with E-state index >= 15 is 0 Å². The summed E-state index contributed by atoms with van der Waals surface area (Å²) in [7, 11) is 3.88. The summed E-state index contributed by atoms with van der Waals surface area (Å²) in [4.78, 5) is 2.36. The molecule has 90 valence electrons. The highest BCUT2D eigenvalue weighted by atomic mass is 16.5. The Labute approximate surface area is 94.0 Å². The maximum atomic E-state index is 5.92. The molecule has 1 aliphatic carbocycles. The molecule has 3 heteroatoms. The van der Waals surface area contributed by atoms with Gasteiger partial charge in [0.1, 0.15) is 0 Å².